The highest BCUT2D eigenvalue weighted by atomic mass is 32.2. The monoisotopic (exact) mass is 407 g/mol. The van der Waals surface area contributed by atoms with Crippen LogP contribution in [0.4, 0.5) is 5.69 Å². The summed E-state index contributed by atoms with van der Waals surface area (Å²) < 4.78 is 24.9. The maximum absolute atomic E-state index is 12.2. The van der Waals surface area contributed by atoms with E-state index >= 15 is 0 Å². The maximum atomic E-state index is 12.2. The number of azo groups is 1. The Morgan fingerprint density at radius 3 is 2.64 bits per heavy atom. The Morgan fingerprint density at radius 1 is 1.29 bits per heavy atom. The van der Waals surface area contributed by atoms with E-state index in [0.717, 1.165) is 25.2 Å². The topological polar surface area (TPSA) is 106 Å². The number of amides is 1. The molecule has 1 fully saturated rings. The molecule has 2 N–H and O–H groups in total. The lowest BCUT2D eigenvalue weighted by Gasteiger charge is -2.16. The molecule has 0 bridgehead atoms. The maximum Gasteiger partial charge on any atom is 0.268 e. The molecule has 2 aromatic rings. The highest BCUT2D eigenvalue weighted by molar-refractivity contribution is 7.91. The predicted molar refractivity (Wildman–Crippen MR) is 107 cm³/mol. The largest absolute Gasteiger partial charge is 0.493 e. The van der Waals surface area contributed by atoms with Crippen molar-refractivity contribution in [2.75, 3.05) is 31.1 Å². The van der Waals surface area contributed by atoms with E-state index in [1.807, 2.05) is 24.3 Å². The molecule has 1 saturated heterocycles. The van der Waals surface area contributed by atoms with Crippen LogP contribution in [-0.4, -0.2) is 55.1 Å². The number of para-hydroxylation sites is 1. The van der Waals surface area contributed by atoms with Gasteiger partial charge in [-0.1, -0.05) is 18.2 Å². The van der Waals surface area contributed by atoms with Crippen molar-refractivity contribution in [2.45, 2.75) is 26.8 Å². The zero-order valence-electron chi connectivity index (χ0n) is 16.3. The second kappa shape index (κ2) is 8.40. The number of quaternary nitrogens is 1. The van der Waals surface area contributed by atoms with Crippen LogP contribution in [-0.2, 0) is 21.2 Å². The molecule has 9 heteroatoms. The van der Waals surface area contributed by atoms with Crippen LogP contribution in [0.1, 0.15) is 20.3 Å². The SMILES string of the molecule is CC[NH+](CC)CCn1c(O)c(N=NC(=O)[C@@H]2CCS(=O)(=O)C2)c2ccccc21. The van der Waals surface area contributed by atoms with E-state index in [-0.39, 0.29) is 29.5 Å². The molecule has 1 aromatic heterocycles. The number of sulfone groups is 1. The Balaban J connectivity index is 1.87. The highest BCUT2D eigenvalue weighted by Gasteiger charge is 2.33. The second-order valence-corrected chi connectivity index (χ2v) is 9.42. The van der Waals surface area contributed by atoms with Crippen molar-refractivity contribution in [3.8, 4) is 5.88 Å². The van der Waals surface area contributed by atoms with E-state index in [9.17, 15) is 18.3 Å². The zero-order chi connectivity index (χ0) is 20.3. The van der Waals surface area contributed by atoms with Crippen LogP contribution >= 0.6 is 0 Å². The van der Waals surface area contributed by atoms with Gasteiger partial charge in [0.15, 0.2) is 15.5 Å². The number of aromatic nitrogens is 1. The van der Waals surface area contributed by atoms with Crippen LogP contribution in [0.25, 0.3) is 10.9 Å². The van der Waals surface area contributed by atoms with Gasteiger partial charge in [0.1, 0.15) is 0 Å². The van der Waals surface area contributed by atoms with Gasteiger partial charge in [0.05, 0.1) is 49.1 Å². The number of nitrogens with one attached hydrogen (secondary N) is 1. The van der Waals surface area contributed by atoms with Crippen LogP contribution in [0.15, 0.2) is 34.5 Å². The zero-order valence-corrected chi connectivity index (χ0v) is 17.1. The Bertz CT molecular complexity index is 993. The molecule has 0 saturated carbocycles. The first-order valence-corrected chi connectivity index (χ1v) is 11.5. The molecule has 0 radical (unpaired) electrons. The first-order chi connectivity index (χ1) is 13.4. The normalized spacial score (nSPS) is 19.2. The standard InChI is InChI=1S/C19H26N4O4S/c1-3-22(4-2)10-11-23-16-8-6-5-7-15(16)17(19(23)25)20-21-18(24)14-9-12-28(26,27)13-14/h5-8,14,25H,3-4,9-13H2,1-2H3/p+1/t14-/m1/s1. The van der Waals surface area contributed by atoms with Crippen LogP contribution < -0.4 is 4.90 Å². The van der Waals surface area contributed by atoms with Gasteiger partial charge in [-0.25, -0.2) is 8.42 Å². The molecule has 3 rings (SSSR count). The van der Waals surface area contributed by atoms with E-state index in [2.05, 4.69) is 24.1 Å². The molecule has 0 unspecified atom stereocenters. The number of nitrogens with zero attached hydrogens (tertiary/aromatic N) is 3. The van der Waals surface area contributed by atoms with Crippen molar-refractivity contribution in [1.29, 1.82) is 0 Å². The fourth-order valence-electron chi connectivity index (χ4n) is 3.64. The molecular weight excluding hydrogens is 380 g/mol. The minimum absolute atomic E-state index is 0.0111. The number of benzene rings is 1. The summed E-state index contributed by atoms with van der Waals surface area (Å²) in [5.41, 5.74) is 1.08. The van der Waals surface area contributed by atoms with Crippen LogP contribution in [0.2, 0.25) is 0 Å². The molecule has 1 atom stereocenters. The Kier molecular flexibility index (Phi) is 6.14. The Morgan fingerprint density at radius 2 is 2.00 bits per heavy atom. The molecule has 152 valence electrons. The minimum atomic E-state index is -3.16. The summed E-state index contributed by atoms with van der Waals surface area (Å²) in [6, 6.07) is 7.45. The van der Waals surface area contributed by atoms with Crippen molar-refractivity contribution in [3.05, 3.63) is 24.3 Å². The van der Waals surface area contributed by atoms with Gasteiger partial charge in [0.25, 0.3) is 5.91 Å². The van der Waals surface area contributed by atoms with Gasteiger partial charge in [-0.2, -0.15) is 0 Å². The average molecular weight is 408 g/mol. The fourth-order valence-corrected chi connectivity index (χ4v) is 5.37. The highest BCUT2D eigenvalue weighted by Crippen LogP contribution is 2.38. The third-order valence-electron chi connectivity index (χ3n) is 5.44. The van der Waals surface area contributed by atoms with E-state index in [1.54, 1.807) is 4.57 Å². The summed E-state index contributed by atoms with van der Waals surface area (Å²) in [5, 5.41) is 19.2. The van der Waals surface area contributed by atoms with E-state index in [1.165, 1.54) is 4.90 Å². The number of likely N-dealkylation sites (N-methyl/N-ethyl adjacent to an activating group) is 1. The van der Waals surface area contributed by atoms with E-state index < -0.39 is 21.7 Å². The molecule has 1 aliphatic rings. The lowest BCUT2D eigenvalue weighted by Crippen LogP contribution is -3.11. The predicted octanol–water partition coefficient (Wildman–Crippen LogP) is 1.32. The Labute approximate surface area is 164 Å². The second-order valence-electron chi connectivity index (χ2n) is 7.19. The van der Waals surface area contributed by atoms with Crippen molar-refractivity contribution in [2.24, 2.45) is 16.1 Å². The summed E-state index contributed by atoms with van der Waals surface area (Å²) in [6.07, 6.45) is 0.278. The van der Waals surface area contributed by atoms with E-state index in [0.29, 0.717) is 11.9 Å². The number of aromatic hydroxyl groups is 1. The summed E-state index contributed by atoms with van der Waals surface area (Å²) in [4.78, 5) is 13.7. The number of rotatable bonds is 7. The minimum Gasteiger partial charge on any atom is -0.493 e. The fraction of sp³-hybridized carbons (Fsp3) is 0.526. The molecular formula is C19H27N4O4S+. The molecule has 1 aromatic carbocycles. The molecule has 28 heavy (non-hydrogen) atoms. The van der Waals surface area contributed by atoms with Crippen molar-refractivity contribution < 1.29 is 23.2 Å². The van der Waals surface area contributed by atoms with Gasteiger partial charge in [-0.3, -0.25) is 4.79 Å². The number of carbonyl (C=O) groups excluding carboxylic acids is 1. The van der Waals surface area contributed by atoms with Crippen molar-refractivity contribution >= 4 is 32.3 Å². The summed E-state index contributed by atoms with van der Waals surface area (Å²) in [5.74, 6) is -1.38. The summed E-state index contributed by atoms with van der Waals surface area (Å²) in [6.45, 7) is 7.73. The quantitative estimate of drug-likeness (QED) is 0.675. The first-order valence-electron chi connectivity index (χ1n) is 9.66. The van der Waals surface area contributed by atoms with Gasteiger partial charge in [0.2, 0.25) is 5.88 Å². The lowest BCUT2D eigenvalue weighted by atomic mass is 10.1. The third-order valence-corrected chi connectivity index (χ3v) is 7.20. The first kappa shape index (κ1) is 20.5. The molecule has 2 heterocycles. The van der Waals surface area contributed by atoms with E-state index in [4.69, 9.17) is 0 Å². The van der Waals surface area contributed by atoms with Gasteiger partial charge in [-0.15, -0.1) is 10.2 Å². The number of fused-ring (bicyclic) bond motifs is 1. The molecule has 1 aliphatic heterocycles. The van der Waals surface area contributed by atoms with Gasteiger partial charge < -0.3 is 14.6 Å². The number of hydrogen-bond donors (Lipinski definition) is 2. The summed E-state index contributed by atoms with van der Waals surface area (Å²) in [7, 11) is -3.16. The molecule has 1 amide bonds. The molecule has 0 spiro atoms. The van der Waals surface area contributed by atoms with Gasteiger partial charge >= 0.3 is 0 Å². The summed E-state index contributed by atoms with van der Waals surface area (Å²) >= 11 is 0. The molecule has 0 aliphatic carbocycles. The number of hydrogen-bond acceptors (Lipinski definition) is 5. The lowest BCUT2D eigenvalue weighted by molar-refractivity contribution is -0.897. The smallest absolute Gasteiger partial charge is 0.268 e. The van der Waals surface area contributed by atoms with Crippen molar-refractivity contribution in [1.82, 2.24) is 4.57 Å². The van der Waals surface area contributed by atoms with Gasteiger partial charge in [0, 0.05) is 5.39 Å². The average Bonchev–Trinajstić information content (AvgIpc) is 3.18. The van der Waals surface area contributed by atoms with Crippen LogP contribution in [0.3, 0.4) is 0 Å². The van der Waals surface area contributed by atoms with Crippen LogP contribution in [0, 0.1) is 5.92 Å². The molecule has 8 nitrogen and oxygen atoms in total. The number of carbonyl (C=O) groups is 1. The van der Waals surface area contributed by atoms with Gasteiger partial charge in [-0.05, 0) is 26.3 Å². The van der Waals surface area contributed by atoms with Crippen LogP contribution in [0.5, 0.6) is 5.88 Å². The third kappa shape index (κ3) is 4.25. The van der Waals surface area contributed by atoms with Crippen molar-refractivity contribution in [3.63, 3.8) is 0 Å². The Hall–Kier alpha value is -2.26.